The molecule has 1 rings (SSSR count). The smallest absolute Gasteiger partial charge is 0.0383 e. The highest BCUT2D eigenvalue weighted by molar-refractivity contribution is 4.80. The van der Waals surface area contributed by atoms with E-state index in [-0.39, 0.29) is 0 Å². The molecule has 0 nitrogen and oxygen atoms in total. The summed E-state index contributed by atoms with van der Waals surface area (Å²) in [5, 5.41) is 0. The van der Waals surface area contributed by atoms with Crippen LogP contribution in [0.25, 0.3) is 0 Å². The molecule has 0 bridgehead atoms. The Morgan fingerprint density at radius 2 is 1.22 bits per heavy atom. The van der Waals surface area contributed by atoms with Crippen LogP contribution in [0, 0.1) is 17.8 Å². The van der Waals surface area contributed by atoms with Gasteiger partial charge < -0.3 is 0 Å². The maximum Gasteiger partial charge on any atom is -0.0383 e. The number of rotatable bonds is 9. The van der Waals surface area contributed by atoms with Crippen molar-refractivity contribution < 1.29 is 0 Å². The molecule has 1 saturated carbocycles. The standard InChI is InChI=1S/C18H36/c1-4-7-10-16-13-14-17(11-8-5-2)18(15-16)12-9-6-3/h16-18H,4-15H2,1-3H3. The van der Waals surface area contributed by atoms with Crippen LogP contribution in [0.1, 0.15) is 97.8 Å². The van der Waals surface area contributed by atoms with E-state index in [0.717, 1.165) is 17.8 Å². The van der Waals surface area contributed by atoms with E-state index >= 15 is 0 Å². The van der Waals surface area contributed by atoms with E-state index in [2.05, 4.69) is 20.8 Å². The zero-order valence-corrected chi connectivity index (χ0v) is 13.2. The predicted octanol–water partition coefficient (Wildman–Crippen LogP) is 6.59. The topological polar surface area (TPSA) is 0 Å². The summed E-state index contributed by atoms with van der Waals surface area (Å²) in [6, 6.07) is 0. The Kier molecular flexibility index (Phi) is 8.80. The van der Waals surface area contributed by atoms with Crippen LogP contribution in [0.5, 0.6) is 0 Å². The highest BCUT2D eigenvalue weighted by atomic mass is 14.3. The lowest BCUT2D eigenvalue weighted by Crippen LogP contribution is -2.25. The van der Waals surface area contributed by atoms with Crippen LogP contribution >= 0.6 is 0 Å². The Labute approximate surface area is 116 Å². The van der Waals surface area contributed by atoms with Crippen LogP contribution in [0.3, 0.4) is 0 Å². The van der Waals surface area contributed by atoms with Crippen molar-refractivity contribution in [3.63, 3.8) is 0 Å². The van der Waals surface area contributed by atoms with Crippen LogP contribution in [0.15, 0.2) is 0 Å². The summed E-state index contributed by atoms with van der Waals surface area (Å²) in [5.41, 5.74) is 0. The van der Waals surface area contributed by atoms with Gasteiger partial charge in [0, 0.05) is 0 Å². The third-order valence-corrected chi connectivity index (χ3v) is 5.07. The summed E-state index contributed by atoms with van der Waals surface area (Å²) in [7, 11) is 0. The first kappa shape index (κ1) is 16.1. The molecule has 0 aliphatic heterocycles. The average Bonchev–Trinajstić information content (AvgIpc) is 2.41. The Morgan fingerprint density at radius 3 is 1.83 bits per heavy atom. The fraction of sp³-hybridized carbons (Fsp3) is 1.00. The van der Waals surface area contributed by atoms with Gasteiger partial charge in [-0.25, -0.2) is 0 Å². The van der Waals surface area contributed by atoms with Crippen LogP contribution in [-0.2, 0) is 0 Å². The van der Waals surface area contributed by atoms with E-state index < -0.39 is 0 Å². The Morgan fingerprint density at radius 1 is 0.667 bits per heavy atom. The molecule has 0 heteroatoms. The fourth-order valence-electron chi connectivity index (χ4n) is 3.85. The summed E-state index contributed by atoms with van der Waals surface area (Å²) in [5.74, 6) is 3.23. The fourth-order valence-corrected chi connectivity index (χ4v) is 3.85. The number of hydrogen-bond donors (Lipinski definition) is 0. The van der Waals surface area contributed by atoms with Crippen LogP contribution < -0.4 is 0 Å². The molecule has 3 atom stereocenters. The second-order valence-corrected chi connectivity index (χ2v) is 6.63. The maximum absolute atomic E-state index is 2.35. The molecule has 0 N–H and O–H groups in total. The molecule has 0 saturated heterocycles. The zero-order chi connectivity index (χ0) is 13.2. The van der Waals surface area contributed by atoms with Gasteiger partial charge in [0.2, 0.25) is 0 Å². The molecular formula is C18H36. The summed E-state index contributed by atoms with van der Waals surface area (Å²) >= 11 is 0. The zero-order valence-electron chi connectivity index (χ0n) is 13.2. The lowest BCUT2D eigenvalue weighted by molar-refractivity contribution is 0.148. The third kappa shape index (κ3) is 5.76. The van der Waals surface area contributed by atoms with Crippen molar-refractivity contribution in [2.45, 2.75) is 97.8 Å². The lowest BCUT2D eigenvalue weighted by Gasteiger charge is -2.36. The van der Waals surface area contributed by atoms with Crippen LogP contribution in [-0.4, -0.2) is 0 Å². The van der Waals surface area contributed by atoms with Gasteiger partial charge in [-0.15, -0.1) is 0 Å². The van der Waals surface area contributed by atoms with Gasteiger partial charge in [0.25, 0.3) is 0 Å². The van der Waals surface area contributed by atoms with Gasteiger partial charge in [-0.3, -0.25) is 0 Å². The summed E-state index contributed by atoms with van der Waals surface area (Å²) in [6.45, 7) is 7.02. The van der Waals surface area contributed by atoms with Crippen molar-refractivity contribution >= 4 is 0 Å². The minimum atomic E-state index is 1.07. The first-order chi connectivity index (χ1) is 8.81. The quantitative estimate of drug-likeness (QED) is 0.434. The SMILES string of the molecule is CCCCC1CCC(CCCC)C(CCCC)C1. The first-order valence-corrected chi connectivity index (χ1v) is 8.81. The van der Waals surface area contributed by atoms with Gasteiger partial charge >= 0.3 is 0 Å². The lowest BCUT2D eigenvalue weighted by atomic mass is 9.69. The summed E-state index contributed by atoms with van der Waals surface area (Å²) < 4.78 is 0. The molecule has 1 aliphatic rings. The van der Waals surface area contributed by atoms with Crippen molar-refractivity contribution in [2.24, 2.45) is 17.8 Å². The maximum atomic E-state index is 2.35. The highest BCUT2D eigenvalue weighted by Gasteiger charge is 2.29. The van der Waals surface area contributed by atoms with Crippen molar-refractivity contribution in [1.82, 2.24) is 0 Å². The molecule has 1 fully saturated rings. The molecule has 0 radical (unpaired) electrons. The van der Waals surface area contributed by atoms with Crippen molar-refractivity contribution in [3.05, 3.63) is 0 Å². The Hall–Kier alpha value is 0. The minimum Gasteiger partial charge on any atom is -0.0654 e. The Bertz CT molecular complexity index is 184. The van der Waals surface area contributed by atoms with Gasteiger partial charge in [0.15, 0.2) is 0 Å². The van der Waals surface area contributed by atoms with Gasteiger partial charge in [0.1, 0.15) is 0 Å². The third-order valence-electron chi connectivity index (χ3n) is 5.07. The highest BCUT2D eigenvalue weighted by Crippen LogP contribution is 2.41. The largest absolute Gasteiger partial charge is 0.0654 e. The van der Waals surface area contributed by atoms with Gasteiger partial charge in [-0.1, -0.05) is 85.0 Å². The Balaban J connectivity index is 2.38. The molecule has 0 aromatic carbocycles. The second-order valence-electron chi connectivity index (χ2n) is 6.63. The molecule has 3 unspecified atom stereocenters. The second kappa shape index (κ2) is 9.87. The van der Waals surface area contributed by atoms with E-state index in [1.165, 1.54) is 64.2 Å². The number of unbranched alkanes of at least 4 members (excludes halogenated alkanes) is 3. The van der Waals surface area contributed by atoms with Crippen molar-refractivity contribution in [1.29, 1.82) is 0 Å². The van der Waals surface area contributed by atoms with Crippen LogP contribution in [0.2, 0.25) is 0 Å². The van der Waals surface area contributed by atoms with E-state index in [4.69, 9.17) is 0 Å². The van der Waals surface area contributed by atoms with Gasteiger partial charge in [0.05, 0.1) is 0 Å². The molecule has 0 spiro atoms. The minimum absolute atomic E-state index is 1.07. The molecule has 1 aliphatic carbocycles. The molecule has 0 amide bonds. The number of hydrogen-bond acceptors (Lipinski definition) is 0. The van der Waals surface area contributed by atoms with Crippen LogP contribution in [0.4, 0.5) is 0 Å². The molecule has 18 heavy (non-hydrogen) atoms. The molecule has 0 aromatic rings. The van der Waals surface area contributed by atoms with Crippen molar-refractivity contribution in [2.75, 3.05) is 0 Å². The van der Waals surface area contributed by atoms with E-state index in [1.54, 1.807) is 12.8 Å². The molecule has 0 aromatic heterocycles. The monoisotopic (exact) mass is 252 g/mol. The van der Waals surface area contributed by atoms with E-state index in [0.29, 0.717) is 0 Å². The summed E-state index contributed by atoms with van der Waals surface area (Å²) in [6.07, 6.45) is 17.8. The normalized spacial score (nSPS) is 28.5. The molecule has 0 heterocycles. The van der Waals surface area contributed by atoms with Gasteiger partial charge in [-0.2, -0.15) is 0 Å². The molecule has 108 valence electrons. The summed E-state index contributed by atoms with van der Waals surface area (Å²) in [4.78, 5) is 0. The predicted molar refractivity (Wildman–Crippen MR) is 82.9 cm³/mol. The molecular weight excluding hydrogens is 216 g/mol. The first-order valence-electron chi connectivity index (χ1n) is 8.81. The average molecular weight is 252 g/mol. The van der Waals surface area contributed by atoms with Crippen molar-refractivity contribution in [3.8, 4) is 0 Å². The van der Waals surface area contributed by atoms with E-state index in [9.17, 15) is 0 Å². The van der Waals surface area contributed by atoms with Gasteiger partial charge in [-0.05, 0) is 30.6 Å². The van der Waals surface area contributed by atoms with E-state index in [1.807, 2.05) is 0 Å².